The summed E-state index contributed by atoms with van der Waals surface area (Å²) in [4.78, 5) is 4.35. The molecule has 27 heavy (non-hydrogen) atoms. The highest BCUT2D eigenvalue weighted by Gasteiger charge is 2.11. The van der Waals surface area contributed by atoms with Gasteiger partial charge in [0.25, 0.3) is 0 Å². The summed E-state index contributed by atoms with van der Waals surface area (Å²) in [5.41, 5.74) is 1.14. The molecule has 0 amide bonds. The fourth-order valence-electron chi connectivity index (χ4n) is 2.32. The summed E-state index contributed by atoms with van der Waals surface area (Å²) < 4.78 is 24.3. The van der Waals surface area contributed by atoms with Crippen molar-refractivity contribution >= 4 is 17.5 Å². The van der Waals surface area contributed by atoms with Gasteiger partial charge in [-0.15, -0.1) is 5.10 Å². The van der Waals surface area contributed by atoms with Crippen LogP contribution in [0.4, 0.5) is 10.3 Å². The highest BCUT2D eigenvalue weighted by Crippen LogP contribution is 2.31. The Morgan fingerprint density at radius 1 is 1.11 bits per heavy atom. The fourth-order valence-corrected chi connectivity index (χ4v) is 2.55. The van der Waals surface area contributed by atoms with Crippen LogP contribution in [0.3, 0.4) is 0 Å². The minimum absolute atomic E-state index is 0.175. The zero-order chi connectivity index (χ0) is 19.8. The van der Waals surface area contributed by atoms with Gasteiger partial charge in [0.2, 0.25) is 5.95 Å². The summed E-state index contributed by atoms with van der Waals surface area (Å²) in [5, 5.41) is 10.2. The molecule has 0 fully saturated rings. The third kappa shape index (κ3) is 4.89. The molecule has 8 heteroatoms. The Kier molecular flexibility index (Phi) is 7.43. The maximum atomic E-state index is 13.8. The average Bonchev–Trinajstić information content (AvgIpc) is 3.17. The maximum Gasteiger partial charge on any atom is 0.242 e. The second-order valence-electron chi connectivity index (χ2n) is 5.13. The Bertz CT molecular complexity index is 866. The number of H-pyrrole nitrogens is 1. The molecule has 3 rings (SSSR count). The minimum atomic E-state index is -0.379. The first-order valence-electron chi connectivity index (χ1n) is 8.44. The molecular weight excluding hydrogens is 371 g/mol. The normalized spacial score (nSPS) is 10.0. The molecule has 1 heterocycles. The maximum absolute atomic E-state index is 13.8. The third-order valence-electron chi connectivity index (χ3n) is 3.63. The highest BCUT2D eigenvalue weighted by atomic mass is 35.5. The third-order valence-corrected chi connectivity index (χ3v) is 3.98. The molecule has 0 radical (unpaired) electrons. The number of hydrogen-bond donors (Lipinski definition) is 2. The molecule has 0 aliphatic carbocycles. The van der Waals surface area contributed by atoms with Crippen LogP contribution in [-0.4, -0.2) is 29.4 Å². The van der Waals surface area contributed by atoms with Crippen LogP contribution in [-0.2, 0) is 6.54 Å². The lowest BCUT2D eigenvalue weighted by Gasteiger charge is -2.08. The zero-order valence-corrected chi connectivity index (χ0v) is 16.4. The molecule has 0 spiro atoms. The van der Waals surface area contributed by atoms with Crippen molar-refractivity contribution in [1.82, 2.24) is 15.2 Å². The van der Waals surface area contributed by atoms with Gasteiger partial charge >= 0.3 is 0 Å². The van der Waals surface area contributed by atoms with Gasteiger partial charge < -0.3 is 14.8 Å². The van der Waals surface area contributed by atoms with Crippen LogP contribution in [0.5, 0.6) is 11.5 Å². The van der Waals surface area contributed by atoms with E-state index >= 15 is 0 Å². The summed E-state index contributed by atoms with van der Waals surface area (Å²) in [6.45, 7) is 4.18. The Hall–Kier alpha value is -2.80. The van der Waals surface area contributed by atoms with Gasteiger partial charge in [0.1, 0.15) is 5.82 Å². The van der Waals surface area contributed by atoms with Gasteiger partial charge in [0.15, 0.2) is 17.3 Å². The highest BCUT2D eigenvalue weighted by molar-refractivity contribution is 6.31. The van der Waals surface area contributed by atoms with Crippen LogP contribution in [0.15, 0.2) is 36.4 Å². The number of nitrogens with zero attached hydrogens (tertiary/aromatic N) is 2. The summed E-state index contributed by atoms with van der Waals surface area (Å²) in [5.74, 6) is 1.71. The molecule has 2 aromatic carbocycles. The number of hydrogen-bond acceptors (Lipinski definition) is 5. The molecule has 0 unspecified atom stereocenters. The standard InChI is InChI=1S/C17H16ClFN4O2.C2H6/c1-24-14-7-6-10(8-15(14)25-2)16-21-17(23-22-16)20-9-11-12(18)4-3-5-13(11)19;1-2/h3-8H,9H2,1-2H3,(H2,20,21,22,23);1-2H3. The molecule has 6 nitrogen and oxygen atoms in total. The van der Waals surface area contributed by atoms with Crippen molar-refractivity contribution in [2.75, 3.05) is 19.5 Å². The van der Waals surface area contributed by atoms with E-state index in [1.165, 1.54) is 6.07 Å². The summed E-state index contributed by atoms with van der Waals surface area (Å²) in [6, 6.07) is 9.95. The zero-order valence-electron chi connectivity index (χ0n) is 15.6. The number of anilines is 1. The summed E-state index contributed by atoms with van der Waals surface area (Å²) in [7, 11) is 3.13. The monoisotopic (exact) mass is 392 g/mol. The quantitative estimate of drug-likeness (QED) is 0.623. The van der Waals surface area contributed by atoms with E-state index in [4.69, 9.17) is 21.1 Å². The molecule has 0 bridgehead atoms. The lowest BCUT2D eigenvalue weighted by molar-refractivity contribution is 0.355. The Morgan fingerprint density at radius 2 is 1.85 bits per heavy atom. The average molecular weight is 393 g/mol. The Morgan fingerprint density at radius 3 is 2.52 bits per heavy atom. The van der Waals surface area contributed by atoms with E-state index in [0.29, 0.717) is 33.9 Å². The van der Waals surface area contributed by atoms with Crippen molar-refractivity contribution in [3.8, 4) is 22.9 Å². The van der Waals surface area contributed by atoms with Gasteiger partial charge in [-0.05, 0) is 30.3 Å². The van der Waals surface area contributed by atoms with Gasteiger partial charge in [-0.2, -0.15) is 4.98 Å². The minimum Gasteiger partial charge on any atom is -0.493 e. The summed E-state index contributed by atoms with van der Waals surface area (Å²) >= 11 is 6.00. The van der Waals surface area contributed by atoms with Crippen molar-refractivity contribution in [2.24, 2.45) is 0 Å². The number of methoxy groups -OCH3 is 2. The first-order valence-corrected chi connectivity index (χ1v) is 8.81. The smallest absolute Gasteiger partial charge is 0.242 e. The van der Waals surface area contributed by atoms with Crippen LogP contribution in [0.1, 0.15) is 19.4 Å². The van der Waals surface area contributed by atoms with Crippen molar-refractivity contribution in [1.29, 1.82) is 0 Å². The van der Waals surface area contributed by atoms with Gasteiger partial charge in [-0.1, -0.05) is 31.5 Å². The number of benzene rings is 2. The molecular formula is C19H22ClFN4O2. The predicted molar refractivity (Wildman–Crippen MR) is 105 cm³/mol. The van der Waals surface area contributed by atoms with Gasteiger partial charge in [0.05, 0.1) is 14.2 Å². The Labute approximate surface area is 162 Å². The summed E-state index contributed by atoms with van der Waals surface area (Å²) in [6.07, 6.45) is 0. The van der Waals surface area contributed by atoms with E-state index in [0.717, 1.165) is 5.56 Å². The van der Waals surface area contributed by atoms with E-state index in [1.807, 2.05) is 19.9 Å². The van der Waals surface area contributed by atoms with Crippen molar-refractivity contribution < 1.29 is 13.9 Å². The van der Waals surface area contributed by atoms with Crippen LogP contribution in [0.25, 0.3) is 11.4 Å². The molecule has 144 valence electrons. The number of ether oxygens (including phenoxy) is 2. The first-order chi connectivity index (χ1) is 13.1. The fraction of sp³-hybridized carbons (Fsp3) is 0.263. The molecule has 0 saturated carbocycles. The van der Waals surface area contributed by atoms with E-state index < -0.39 is 0 Å². The topological polar surface area (TPSA) is 72.1 Å². The van der Waals surface area contributed by atoms with Crippen LogP contribution in [0.2, 0.25) is 5.02 Å². The Balaban J connectivity index is 0.00000126. The number of aromatic amines is 1. The molecule has 0 aliphatic heterocycles. The van der Waals surface area contributed by atoms with Crippen molar-refractivity contribution in [3.05, 3.63) is 52.8 Å². The SMILES string of the molecule is CC.COc1ccc(-c2nc(NCc3c(F)cccc3Cl)n[nH]2)cc1OC. The van der Waals surface area contributed by atoms with Crippen LogP contribution < -0.4 is 14.8 Å². The van der Waals surface area contributed by atoms with Crippen molar-refractivity contribution in [3.63, 3.8) is 0 Å². The molecule has 3 aromatic rings. The number of nitrogens with one attached hydrogen (secondary N) is 2. The van der Waals surface area contributed by atoms with Crippen molar-refractivity contribution in [2.45, 2.75) is 20.4 Å². The predicted octanol–water partition coefficient (Wildman–Crippen LogP) is 4.92. The largest absolute Gasteiger partial charge is 0.493 e. The van der Waals surface area contributed by atoms with Crippen LogP contribution in [0, 0.1) is 5.82 Å². The molecule has 0 aliphatic rings. The van der Waals surface area contributed by atoms with E-state index in [9.17, 15) is 4.39 Å². The second kappa shape index (κ2) is 9.78. The van der Waals surface area contributed by atoms with Crippen LogP contribution >= 0.6 is 11.6 Å². The lowest BCUT2D eigenvalue weighted by Crippen LogP contribution is -2.03. The first kappa shape index (κ1) is 20.5. The van der Waals surface area contributed by atoms with E-state index in [2.05, 4.69) is 20.5 Å². The van der Waals surface area contributed by atoms with E-state index in [-0.39, 0.29) is 12.4 Å². The van der Waals surface area contributed by atoms with Gasteiger partial charge in [0, 0.05) is 22.7 Å². The molecule has 0 atom stereocenters. The van der Waals surface area contributed by atoms with E-state index in [1.54, 1.807) is 38.5 Å². The second-order valence-corrected chi connectivity index (χ2v) is 5.54. The number of halogens is 2. The molecule has 1 aromatic heterocycles. The van der Waals surface area contributed by atoms with Gasteiger partial charge in [-0.25, -0.2) is 4.39 Å². The lowest BCUT2D eigenvalue weighted by atomic mass is 10.2. The van der Waals surface area contributed by atoms with Gasteiger partial charge in [-0.3, -0.25) is 5.10 Å². The molecule has 0 saturated heterocycles. The number of rotatable bonds is 6. The molecule has 2 N–H and O–H groups in total. The number of aromatic nitrogens is 3.